The van der Waals surface area contributed by atoms with Gasteiger partial charge < -0.3 is 14.4 Å². The molecule has 0 saturated carbocycles. The number of anilines is 1. The van der Waals surface area contributed by atoms with Crippen molar-refractivity contribution in [3.8, 4) is 0 Å². The van der Waals surface area contributed by atoms with Crippen molar-refractivity contribution in [1.29, 1.82) is 0 Å². The Morgan fingerprint density at radius 3 is 2.48 bits per heavy atom. The zero-order valence-electron chi connectivity index (χ0n) is 20.7. The topological polar surface area (TPSA) is 34.1 Å². The summed E-state index contributed by atoms with van der Waals surface area (Å²) >= 11 is 0. The van der Waals surface area contributed by atoms with Crippen LogP contribution in [0.2, 0.25) is 0 Å². The average molecular weight is 467 g/mol. The number of methoxy groups -OCH3 is 1. The minimum absolute atomic E-state index is 0.0588. The van der Waals surface area contributed by atoms with Gasteiger partial charge in [-0.1, -0.05) is 6.92 Å². The van der Waals surface area contributed by atoms with Gasteiger partial charge >= 0.3 is 0 Å². The lowest BCUT2D eigenvalue weighted by Gasteiger charge is -2.24. The third kappa shape index (κ3) is 7.63. The molecule has 2 rings (SSSR count). The zero-order valence-corrected chi connectivity index (χ0v) is 20.7. The van der Waals surface area contributed by atoms with Gasteiger partial charge in [-0.05, 0) is 81.7 Å². The van der Waals surface area contributed by atoms with Crippen LogP contribution in [0.25, 0.3) is 0 Å². The Morgan fingerprint density at radius 1 is 1.21 bits per heavy atom. The van der Waals surface area contributed by atoms with Crippen molar-refractivity contribution < 1.29 is 22.6 Å². The maximum Gasteiger partial charge on any atom is 0.184 e. The van der Waals surface area contributed by atoms with E-state index in [0.29, 0.717) is 43.2 Å². The maximum absolute atomic E-state index is 14.6. The van der Waals surface area contributed by atoms with Gasteiger partial charge in [0.2, 0.25) is 0 Å². The fourth-order valence-corrected chi connectivity index (χ4v) is 3.96. The van der Waals surface area contributed by atoms with E-state index in [9.17, 15) is 13.2 Å². The van der Waals surface area contributed by atoms with Crippen LogP contribution in [0.1, 0.15) is 58.9 Å². The second-order valence-corrected chi connectivity index (χ2v) is 8.66. The summed E-state index contributed by atoms with van der Waals surface area (Å²) in [5, 5.41) is 0. The first-order valence-electron chi connectivity index (χ1n) is 11.7. The largest absolute Gasteiger partial charge is 0.484 e. The Labute approximate surface area is 196 Å². The third-order valence-corrected chi connectivity index (χ3v) is 6.06. The minimum atomic E-state index is -0.516. The van der Waals surface area contributed by atoms with Crippen LogP contribution in [0.15, 0.2) is 40.3 Å². The molecule has 1 fully saturated rings. The fourth-order valence-electron chi connectivity index (χ4n) is 3.96. The number of benzene rings is 1. The Morgan fingerprint density at radius 2 is 1.88 bits per heavy atom. The summed E-state index contributed by atoms with van der Waals surface area (Å²) < 4.78 is 54.7. The van der Waals surface area contributed by atoms with Gasteiger partial charge in [0.05, 0.1) is 19.8 Å². The molecular formula is C26H37F3N2O2. The number of hydrogen-bond acceptors (Lipinski definition) is 4. The summed E-state index contributed by atoms with van der Waals surface area (Å²) in [5.41, 5.74) is 1.55. The van der Waals surface area contributed by atoms with Gasteiger partial charge in [0.1, 0.15) is 28.8 Å². The van der Waals surface area contributed by atoms with Gasteiger partial charge in [-0.3, -0.25) is 0 Å². The molecule has 0 N–H and O–H groups in total. The summed E-state index contributed by atoms with van der Waals surface area (Å²) in [4.78, 5) is 6.08. The van der Waals surface area contributed by atoms with E-state index in [4.69, 9.17) is 9.47 Å². The Hall–Kier alpha value is -2.28. The number of aliphatic imine (C=N–C) groups is 1. The molecule has 0 aromatic heterocycles. The molecule has 1 aliphatic rings. The molecule has 1 saturated heterocycles. The van der Waals surface area contributed by atoms with Crippen molar-refractivity contribution in [2.24, 2.45) is 10.9 Å². The molecule has 0 amide bonds. The van der Waals surface area contributed by atoms with E-state index in [2.05, 4.69) is 4.99 Å². The lowest BCUT2D eigenvalue weighted by molar-refractivity contribution is 0.0570. The van der Waals surface area contributed by atoms with E-state index in [1.807, 2.05) is 20.8 Å². The van der Waals surface area contributed by atoms with Gasteiger partial charge in [-0.2, -0.15) is 0 Å². The fraction of sp³-hybridized carbons (Fsp3) is 0.577. The molecule has 0 bridgehead atoms. The number of halogens is 3. The van der Waals surface area contributed by atoms with Crippen LogP contribution >= 0.6 is 0 Å². The van der Waals surface area contributed by atoms with E-state index < -0.39 is 17.5 Å². The van der Waals surface area contributed by atoms with Crippen molar-refractivity contribution >= 4 is 11.6 Å². The first kappa shape index (κ1) is 27.0. The van der Waals surface area contributed by atoms with Crippen molar-refractivity contribution in [1.82, 2.24) is 0 Å². The summed E-state index contributed by atoms with van der Waals surface area (Å²) in [6.45, 7) is 10.6. The smallest absolute Gasteiger partial charge is 0.184 e. The van der Waals surface area contributed by atoms with E-state index in [-0.39, 0.29) is 23.4 Å². The number of rotatable bonds is 8. The van der Waals surface area contributed by atoms with E-state index in [0.717, 1.165) is 19.3 Å². The molecule has 0 radical (unpaired) electrons. The predicted molar refractivity (Wildman–Crippen MR) is 128 cm³/mol. The molecule has 1 aromatic carbocycles. The van der Waals surface area contributed by atoms with Gasteiger partial charge in [0.25, 0.3) is 0 Å². The Kier molecular flexibility index (Phi) is 10.5. The molecule has 7 heteroatoms. The number of hydrogen-bond donors (Lipinski definition) is 0. The summed E-state index contributed by atoms with van der Waals surface area (Å²) in [7, 11) is 1.50. The molecular weight excluding hydrogens is 429 g/mol. The van der Waals surface area contributed by atoms with Crippen LogP contribution < -0.4 is 4.90 Å². The molecule has 184 valence electrons. The summed E-state index contributed by atoms with van der Waals surface area (Å²) in [6, 6.07) is 2.75. The predicted octanol–water partition coefficient (Wildman–Crippen LogP) is 6.89. The standard InChI is InChI=1S/C26H37F3N2O2/c1-7-9-22(27)25(30-20(5)32-6)18(3)19(4)33-16-21-10-8-12-31(13-11-21)26-23(28)14-17(2)15-24(26)29/h9,14-15,19,21H,7-8,10-13,16H2,1-6H3/b22-9+,25-18+,30-20?. The molecule has 2 atom stereocenters. The highest BCUT2D eigenvalue weighted by molar-refractivity contribution is 5.74. The highest BCUT2D eigenvalue weighted by atomic mass is 19.1. The van der Waals surface area contributed by atoms with Crippen LogP contribution in [-0.4, -0.2) is 38.8 Å². The molecule has 1 heterocycles. The monoisotopic (exact) mass is 466 g/mol. The number of nitrogens with zero attached hydrogens (tertiary/aromatic N) is 2. The first-order valence-corrected chi connectivity index (χ1v) is 11.7. The van der Waals surface area contributed by atoms with E-state index in [1.165, 1.54) is 25.3 Å². The molecule has 2 unspecified atom stereocenters. The SMILES string of the molecule is CC/C=C(F)\C(N=C(C)OC)=C(\C)C(C)OCC1CCCN(c2c(F)cc(C)cc2F)CC1. The van der Waals surface area contributed by atoms with Crippen molar-refractivity contribution in [3.05, 3.63) is 52.5 Å². The molecule has 0 spiro atoms. The molecule has 4 nitrogen and oxygen atoms in total. The minimum Gasteiger partial charge on any atom is -0.484 e. The lowest BCUT2D eigenvalue weighted by Crippen LogP contribution is -2.27. The van der Waals surface area contributed by atoms with Gasteiger partial charge in [0.15, 0.2) is 5.90 Å². The number of ether oxygens (including phenoxy) is 2. The second-order valence-electron chi connectivity index (χ2n) is 8.66. The number of aryl methyl sites for hydroxylation is 1. The molecule has 0 aliphatic carbocycles. The zero-order chi connectivity index (χ0) is 24.5. The number of allylic oxidation sites excluding steroid dienone is 2. The van der Waals surface area contributed by atoms with Gasteiger partial charge in [-0.15, -0.1) is 0 Å². The Balaban J connectivity index is 2.05. The van der Waals surface area contributed by atoms with Crippen LogP contribution in [0.3, 0.4) is 0 Å². The second kappa shape index (κ2) is 12.8. The van der Waals surface area contributed by atoms with Crippen LogP contribution in [0.5, 0.6) is 0 Å². The highest BCUT2D eigenvalue weighted by Crippen LogP contribution is 2.29. The average Bonchev–Trinajstić information content (AvgIpc) is 3.00. The first-order chi connectivity index (χ1) is 15.7. The quantitative estimate of drug-likeness (QED) is 0.238. The van der Waals surface area contributed by atoms with Crippen LogP contribution in [0.4, 0.5) is 18.9 Å². The van der Waals surface area contributed by atoms with Crippen molar-refractivity contribution in [2.45, 2.75) is 66.4 Å². The van der Waals surface area contributed by atoms with Crippen molar-refractivity contribution in [3.63, 3.8) is 0 Å². The summed E-state index contributed by atoms with van der Waals surface area (Å²) in [6.07, 6.45) is 4.19. The highest BCUT2D eigenvalue weighted by Gasteiger charge is 2.23. The molecule has 33 heavy (non-hydrogen) atoms. The van der Waals surface area contributed by atoms with Gasteiger partial charge in [0, 0.05) is 20.0 Å². The van der Waals surface area contributed by atoms with Crippen LogP contribution in [-0.2, 0) is 9.47 Å². The Bertz CT molecular complexity index is 873. The molecule has 1 aromatic rings. The van der Waals surface area contributed by atoms with Crippen LogP contribution in [0, 0.1) is 24.5 Å². The van der Waals surface area contributed by atoms with Crippen molar-refractivity contribution in [2.75, 3.05) is 31.7 Å². The third-order valence-electron chi connectivity index (χ3n) is 6.06. The maximum atomic E-state index is 14.6. The van der Waals surface area contributed by atoms with Gasteiger partial charge in [-0.25, -0.2) is 18.2 Å². The normalized spacial score (nSPS) is 19.8. The molecule has 1 aliphatic heterocycles. The van der Waals surface area contributed by atoms with E-state index in [1.54, 1.807) is 18.7 Å². The lowest BCUT2D eigenvalue weighted by atomic mass is 10.0. The summed E-state index contributed by atoms with van der Waals surface area (Å²) in [5.74, 6) is -0.799. The van der Waals surface area contributed by atoms with E-state index >= 15 is 0 Å².